The maximum Gasteiger partial charge on any atom is 0.408 e. The number of nitrogens with one attached hydrogen (secondary N) is 3. The second kappa shape index (κ2) is 14.7. The highest BCUT2D eigenvalue weighted by Gasteiger charge is 2.69. The summed E-state index contributed by atoms with van der Waals surface area (Å²) in [5.41, 5.74) is -0.924. The monoisotopic (exact) mass is 620 g/mol. The molecule has 0 bridgehead atoms. The van der Waals surface area contributed by atoms with E-state index < -0.39 is 59.9 Å². The fourth-order valence-corrected chi connectivity index (χ4v) is 6.75. The predicted octanol–water partition coefficient (Wildman–Crippen LogP) is 2.87. The van der Waals surface area contributed by atoms with Gasteiger partial charge in [-0.3, -0.25) is 24.0 Å². The zero-order valence-corrected chi connectivity index (χ0v) is 27.5. The summed E-state index contributed by atoms with van der Waals surface area (Å²) in [7, 11) is 0. The van der Waals surface area contributed by atoms with Crippen molar-refractivity contribution in [2.45, 2.75) is 124 Å². The van der Waals surface area contributed by atoms with Gasteiger partial charge in [0.15, 0.2) is 0 Å². The number of hydrogen-bond donors (Lipinski definition) is 3. The zero-order valence-electron chi connectivity index (χ0n) is 27.5. The number of carbonyl (C=O) groups is 6. The van der Waals surface area contributed by atoms with Crippen LogP contribution in [0.5, 0.6) is 0 Å². The Balaban J connectivity index is 1.78. The molecule has 0 aromatic carbocycles. The summed E-state index contributed by atoms with van der Waals surface area (Å²) in [4.78, 5) is 80.0. The molecule has 3 unspecified atom stereocenters. The lowest BCUT2D eigenvalue weighted by Crippen LogP contribution is -2.60. The van der Waals surface area contributed by atoms with Gasteiger partial charge in [-0.05, 0) is 69.6 Å². The van der Waals surface area contributed by atoms with E-state index in [0.29, 0.717) is 19.4 Å². The number of likely N-dealkylation sites (tertiary alicyclic amines) is 1. The summed E-state index contributed by atoms with van der Waals surface area (Å²) in [5, 5.41) is 7.88. The predicted molar refractivity (Wildman–Crippen MR) is 162 cm³/mol. The maximum absolute atomic E-state index is 14.2. The van der Waals surface area contributed by atoms with Gasteiger partial charge in [0.05, 0.1) is 12.6 Å². The standard InChI is InChI=1S/C32H52N4O8/c1-8-13-21(26(38)28(40)33-17-22(37)43-16-9-2)34-27(39)25-23-20(32(23,6)7)18-36(25)29(41)24(19-14-11-10-12-15-19)35-30(42)44-31(3,4)5/h19-21,23-25H,8-18H2,1-7H3,(H,33,40)(H,34,39)(H,35,42)/t20?,21?,23?,24-,25-/m0/s1. The number of ether oxygens (including phenoxy) is 2. The molecule has 2 aliphatic carbocycles. The molecule has 44 heavy (non-hydrogen) atoms. The molecule has 0 radical (unpaired) electrons. The number of nitrogens with zero attached hydrogens (tertiary/aromatic N) is 1. The van der Waals surface area contributed by atoms with Crippen LogP contribution in [0.15, 0.2) is 0 Å². The first-order valence-electron chi connectivity index (χ1n) is 16.2. The number of carbonyl (C=O) groups excluding carboxylic acids is 6. The average molecular weight is 621 g/mol. The molecule has 3 rings (SSSR count). The van der Waals surface area contributed by atoms with Gasteiger partial charge in [-0.1, -0.05) is 53.4 Å². The van der Waals surface area contributed by atoms with Gasteiger partial charge in [0.2, 0.25) is 17.6 Å². The van der Waals surface area contributed by atoms with Crippen LogP contribution in [-0.2, 0) is 33.4 Å². The summed E-state index contributed by atoms with van der Waals surface area (Å²) >= 11 is 0. The summed E-state index contributed by atoms with van der Waals surface area (Å²) in [5.74, 6) is -3.45. The number of hydrogen-bond acceptors (Lipinski definition) is 8. The Hall–Kier alpha value is -3.18. The average Bonchev–Trinajstić information content (AvgIpc) is 3.28. The Morgan fingerprint density at radius 3 is 2.20 bits per heavy atom. The van der Waals surface area contributed by atoms with E-state index in [9.17, 15) is 28.8 Å². The van der Waals surface area contributed by atoms with E-state index in [1.165, 1.54) is 0 Å². The Morgan fingerprint density at radius 2 is 1.61 bits per heavy atom. The molecule has 1 heterocycles. The van der Waals surface area contributed by atoms with Crippen LogP contribution >= 0.6 is 0 Å². The van der Waals surface area contributed by atoms with E-state index in [1.807, 2.05) is 13.8 Å². The molecule has 12 heteroatoms. The number of Topliss-reactive ketones (excluding diaryl/α,β-unsaturated/α-hetero) is 1. The summed E-state index contributed by atoms with van der Waals surface area (Å²) in [6.45, 7) is 13.2. The van der Waals surface area contributed by atoms with Crippen LogP contribution in [0.25, 0.3) is 0 Å². The Kier molecular flexibility index (Phi) is 11.8. The van der Waals surface area contributed by atoms with E-state index in [4.69, 9.17) is 9.47 Å². The molecule has 1 aliphatic heterocycles. The third kappa shape index (κ3) is 8.72. The molecule has 1 saturated heterocycles. The highest BCUT2D eigenvalue weighted by atomic mass is 16.6. The first-order chi connectivity index (χ1) is 20.6. The van der Waals surface area contributed by atoms with E-state index in [0.717, 1.165) is 32.1 Å². The molecular weight excluding hydrogens is 568 g/mol. The third-order valence-corrected chi connectivity index (χ3v) is 9.11. The maximum atomic E-state index is 14.2. The van der Waals surface area contributed by atoms with E-state index in [-0.39, 0.29) is 42.1 Å². The molecule has 3 aliphatic rings. The molecule has 248 valence electrons. The van der Waals surface area contributed by atoms with Gasteiger partial charge in [-0.15, -0.1) is 0 Å². The van der Waals surface area contributed by atoms with Crippen molar-refractivity contribution in [3.8, 4) is 0 Å². The molecule has 0 spiro atoms. The number of amides is 4. The highest BCUT2D eigenvalue weighted by Crippen LogP contribution is 2.65. The van der Waals surface area contributed by atoms with Crippen molar-refractivity contribution in [2.75, 3.05) is 19.7 Å². The molecule has 2 saturated carbocycles. The largest absolute Gasteiger partial charge is 0.464 e. The number of fused-ring (bicyclic) bond motifs is 1. The van der Waals surface area contributed by atoms with Crippen LogP contribution in [0.3, 0.4) is 0 Å². The van der Waals surface area contributed by atoms with Crippen molar-refractivity contribution < 1.29 is 38.2 Å². The van der Waals surface area contributed by atoms with Gasteiger partial charge >= 0.3 is 12.1 Å². The van der Waals surface area contributed by atoms with Crippen LogP contribution in [0.1, 0.15) is 99.8 Å². The minimum atomic E-state index is -1.12. The van der Waals surface area contributed by atoms with Gasteiger partial charge in [-0.2, -0.15) is 0 Å². The summed E-state index contributed by atoms with van der Waals surface area (Å²) in [6.07, 6.45) is 5.20. The highest BCUT2D eigenvalue weighted by molar-refractivity contribution is 6.38. The van der Waals surface area contributed by atoms with Gasteiger partial charge in [0, 0.05) is 6.54 Å². The lowest BCUT2D eigenvalue weighted by Gasteiger charge is -2.37. The first kappa shape index (κ1) is 35.3. The Labute approximate surface area is 261 Å². The van der Waals surface area contributed by atoms with Gasteiger partial charge in [0.25, 0.3) is 5.91 Å². The van der Waals surface area contributed by atoms with E-state index in [2.05, 4.69) is 29.8 Å². The Morgan fingerprint density at radius 1 is 0.955 bits per heavy atom. The SMILES string of the molecule is CCCOC(=O)CNC(=O)C(=O)C(CCC)NC(=O)[C@@H]1C2C(CN1C(=O)[C@@H](NC(=O)OC(C)(C)C)C1CCCCC1)C2(C)C. The van der Waals surface area contributed by atoms with Crippen molar-refractivity contribution in [2.24, 2.45) is 23.2 Å². The number of ketones is 1. The second-order valence-corrected chi connectivity index (χ2v) is 14.0. The van der Waals surface area contributed by atoms with Crippen molar-refractivity contribution >= 4 is 35.6 Å². The number of rotatable bonds is 13. The Bertz CT molecular complexity index is 1090. The molecular formula is C32H52N4O8. The van der Waals surface area contributed by atoms with Gasteiger partial charge in [0.1, 0.15) is 24.2 Å². The van der Waals surface area contributed by atoms with Crippen molar-refractivity contribution in [1.29, 1.82) is 0 Å². The molecule has 5 atom stereocenters. The normalized spacial score (nSPS) is 23.9. The molecule has 4 amide bonds. The van der Waals surface area contributed by atoms with Crippen LogP contribution in [0.4, 0.5) is 4.79 Å². The van der Waals surface area contributed by atoms with Gasteiger partial charge < -0.3 is 30.3 Å². The second-order valence-electron chi connectivity index (χ2n) is 14.0. The molecule has 0 aromatic heterocycles. The topological polar surface area (TPSA) is 160 Å². The lowest BCUT2D eigenvalue weighted by molar-refractivity contribution is -0.146. The zero-order chi connectivity index (χ0) is 32.8. The van der Waals surface area contributed by atoms with Crippen molar-refractivity contribution in [1.82, 2.24) is 20.9 Å². The fraction of sp³-hybridized carbons (Fsp3) is 0.812. The van der Waals surface area contributed by atoms with Crippen molar-refractivity contribution in [3.63, 3.8) is 0 Å². The quantitative estimate of drug-likeness (QED) is 0.209. The number of esters is 1. The third-order valence-electron chi connectivity index (χ3n) is 9.11. The minimum absolute atomic E-state index is 0.0838. The lowest BCUT2D eigenvalue weighted by atomic mass is 9.83. The van der Waals surface area contributed by atoms with E-state index in [1.54, 1.807) is 25.7 Å². The minimum Gasteiger partial charge on any atom is -0.464 e. The summed E-state index contributed by atoms with van der Waals surface area (Å²) in [6, 6.07) is -2.81. The number of piperidine rings is 1. The molecule has 12 nitrogen and oxygen atoms in total. The van der Waals surface area contributed by atoms with Crippen molar-refractivity contribution in [3.05, 3.63) is 0 Å². The van der Waals surface area contributed by atoms with Gasteiger partial charge in [-0.25, -0.2) is 4.79 Å². The van der Waals surface area contributed by atoms with E-state index >= 15 is 0 Å². The number of alkyl carbamates (subject to hydrolysis) is 1. The smallest absolute Gasteiger partial charge is 0.408 e. The van der Waals surface area contributed by atoms with Crippen LogP contribution in [-0.4, -0.2) is 83.9 Å². The van der Waals surface area contributed by atoms with Crippen LogP contribution in [0.2, 0.25) is 0 Å². The first-order valence-corrected chi connectivity index (χ1v) is 16.2. The molecule has 0 aromatic rings. The summed E-state index contributed by atoms with van der Waals surface area (Å²) < 4.78 is 10.4. The van der Waals surface area contributed by atoms with Crippen LogP contribution in [0, 0.1) is 23.2 Å². The molecule has 3 fully saturated rings. The molecule has 3 N–H and O–H groups in total. The van der Waals surface area contributed by atoms with Crippen LogP contribution < -0.4 is 16.0 Å². The fourth-order valence-electron chi connectivity index (χ4n) is 6.75.